The summed E-state index contributed by atoms with van der Waals surface area (Å²) in [5, 5.41) is 14.9. The summed E-state index contributed by atoms with van der Waals surface area (Å²) in [6.07, 6.45) is 10.3. The van der Waals surface area contributed by atoms with Crippen molar-refractivity contribution in [1.29, 1.82) is 0 Å². The van der Waals surface area contributed by atoms with E-state index in [1.165, 1.54) is 55.2 Å². The topological polar surface area (TPSA) is 50.7 Å². The SMILES string of the molecule is COC12CCC3(CC1CNCc1ccccc1)C1Cc4ccc(O)c5c4C3(C(C)CC1CC1CC1)C2O5. The summed E-state index contributed by atoms with van der Waals surface area (Å²) in [5.41, 5.74) is 4.03. The van der Waals surface area contributed by atoms with Crippen molar-refractivity contribution in [1.82, 2.24) is 5.32 Å². The van der Waals surface area contributed by atoms with Crippen molar-refractivity contribution in [3.8, 4) is 11.5 Å². The summed E-state index contributed by atoms with van der Waals surface area (Å²) >= 11 is 0. The van der Waals surface area contributed by atoms with Gasteiger partial charge in [-0.25, -0.2) is 0 Å². The molecule has 9 rings (SSSR count). The molecule has 4 bridgehead atoms. The molecular formula is C33H41NO3. The van der Waals surface area contributed by atoms with Crippen LogP contribution in [0.15, 0.2) is 42.5 Å². The van der Waals surface area contributed by atoms with Crippen LogP contribution in [0.25, 0.3) is 0 Å². The molecule has 2 N–H and O–H groups in total. The molecule has 2 aromatic carbocycles. The molecule has 37 heavy (non-hydrogen) atoms. The van der Waals surface area contributed by atoms with E-state index in [-0.39, 0.29) is 22.5 Å². The lowest BCUT2D eigenvalue weighted by Gasteiger charge is -2.75. The minimum atomic E-state index is -0.326. The first-order chi connectivity index (χ1) is 18.0. The Morgan fingerprint density at radius 1 is 1.11 bits per heavy atom. The fraction of sp³-hybridized carbons (Fsp3) is 0.636. The minimum absolute atomic E-state index is 0.0160. The largest absolute Gasteiger partial charge is 0.504 e. The Morgan fingerprint density at radius 2 is 1.95 bits per heavy atom. The molecule has 0 aromatic heterocycles. The van der Waals surface area contributed by atoms with Crippen LogP contribution >= 0.6 is 0 Å². The molecule has 4 nitrogen and oxygen atoms in total. The fourth-order valence-electron chi connectivity index (χ4n) is 10.9. The Morgan fingerprint density at radius 3 is 2.73 bits per heavy atom. The molecule has 0 saturated heterocycles. The Hall–Kier alpha value is -2.04. The van der Waals surface area contributed by atoms with Crippen molar-refractivity contribution in [3.05, 3.63) is 59.2 Å². The lowest BCUT2D eigenvalue weighted by molar-refractivity contribution is -0.290. The number of phenolic OH excluding ortho intramolecular Hbond substituents is 1. The van der Waals surface area contributed by atoms with Gasteiger partial charge in [0.25, 0.3) is 0 Å². The molecule has 5 fully saturated rings. The van der Waals surface area contributed by atoms with E-state index >= 15 is 0 Å². The third kappa shape index (κ3) is 2.77. The maximum atomic E-state index is 11.1. The van der Waals surface area contributed by atoms with Gasteiger partial charge in [0.2, 0.25) is 0 Å². The van der Waals surface area contributed by atoms with Gasteiger partial charge in [-0.3, -0.25) is 0 Å². The zero-order valence-corrected chi connectivity index (χ0v) is 22.3. The Labute approximate surface area is 221 Å². The molecule has 8 atom stereocenters. The predicted octanol–water partition coefficient (Wildman–Crippen LogP) is 5.99. The van der Waals surface area contributed by atoms with Gasteiger partial charge in [0.15, 0.2) is 11.5 Å². The third-order valence-corrected chi connectivity index (χ3v) is 12.2. The van der Waals surface area contributed by atoms with Crippen LogP contribution in [0.5, 0.6) is 11.5 Å². The number of benzene rings is 2. The van der Waals surface area contributed by atoms with Crippen LogP contribution in [0.1, 0.15) is 68.6 Å². The Balaban J connectivity index is 1.24. The lowest BCUT2D eigenvalue weighted by atomic mass is 9.29. The number of fused-ring (bicyclic) bond motifs is 2. The number of hydrogen-bond acceptors (Lipinski definition) is 4. The van der Waals surface area contributed by atoms with Gasteiger partial charge in [-0.05, 0) is 84.8 Å². The van der Waals surface area contributed by atoms with Crippen LogP contribution < -0.4 is 10.1 Å². The fourth-order valence-corrected chi connectivity index (χ4v) is 10.9. The van der Waals surface area contributed by atoms with E-state index in [0.29, 0.717) is 23.5 Å². The molecule has 196 valence electrons. The van der Waals surface area contributed by atoms with Gasteiger partial charge >= 0.3 is 0 Å². The maximum absolute atomic E-state index is 11.1. The highest BCUT2D eigenvalue weighted by Gasteiger charge is 2.82. The molecule has 1 heterocycles. The number of aromatic hydroxyl groups is 1. The molecule has 0 amide bonds. The van der Waals surface area contributed by atoms with Crippen molar-refractivity contribution in [2.24, 2.45) is 35.0 Å². The van der Waals surface area contributed by atoms with E-state index in [2.05, 4.69) is 48.6 Å². The highest BCUT2D eigenvalue weighted by molar-refractivity contribution is 5.63. The number of ether oxygens (including phenoxy) is 2. The zero-order valence-electron chi connectivity index (χ0n) is 22.3. The van der Waals surface area contributed by atoms with Crippen LogP contribution in [0.2, 0.25) is 0 Å². The van der Waals surface area contributed by atoms with Crippen LogP contribution in [0.3, 0.4) is 0 Å². The third-order valence-electron chi connectivity index (χ3n) is 12.2. The highest BCUT2D eigenvalue weighted by Crippen LogP contribution is 2.80. The Bertz CT molecular complexity index is 1230. The van der Waals surface area contributed by atoms with E-state index in [4.69, 9.17) is 9.47 Å². The number of hydrogen-bond donors (Lipinski definition) is 2. The summed E-state index contributed by atoms with van der Waals surface area (Å²) in [6, 6.07) is 14.9. The first-order valence-electron chi connectivity index (χ1n) is 14.9. The van der Waals surface area contributed by atoms with Gasteiger partial charge in [0, 0.05) is 37.1 Å². The van der Waals surface area contributed by atoms with Crippen LogP contribution in [-0.4, -0.2) is 30.5 Å². The van der Waals surface area contributed by atoms with Crippen LogP contribution in [0.4, 0.5) is 0 Å². The van der Waals surface area contributed by atoms with Crippen LogP contribution in [-0.2, 0) is 23.1 Å². The molecule has 8 unspecified atom stereocenters. The standard InChI is InChI=1S/C33H41NO3/c1-20-14-24(15-21-8-9-21)26-16-23-10-11-27(35)29-28(23)33(20)30(37-29)32(36-2)13-12-31(26,33)17-25(32)19-34-18-22-6-4-3-5-7-22/h3-7,10-11,20-21,24-26,30,34-35H,8-9,12-19H2,1-2H3. The van der Waals surface area contributed by atoms with Crippen LogP contribution in [0, 0.1) is 35.0 Å². The van der Waals surface area contributed by atoms with E-state index < -0.39 is 0 Å². The molecule has 1 aliphatic heterocycles. The molecular weight excluding hydrogens is 458 g/mol. The maximum Gasteiger partial charge on any atom is 0.165 e. The van der Waals surface area contributed by atoms with Gasteiger partial charge in [0.05, 0.1) is 0 Å². The van der Waals surface area contributed by atoms with Gasteiger partial charge in [-0.2, -0.15) is 0 Å². The monoisotopic (exact) mass is 499 g/mol. The normalized spacial score (nSPS) is 42.4. The smallest absolute Gasteiger partial charge is 0.165 e. The second kappa shape index (κ2) is 7.76. The second-order valence-corrected chi connectivity index (χ2v) is 13.5. The average Bonchev–Trinajstić information content (AvgIpc) is 3.64. The molecule has 7 aliphatic rings. The number of methoxy groups -OCH3 is 1. The first kappa shape index (κ1) is 22.9. The minimum Gasteiger partial charge on any atom is -0.504 e. The summed E-state index contributed by atoms with van der Waals surface area (Å²) in [4.78, 5) is 0. The second-order valence-electron chi connectivity index (χ2n) is 13.5. The van der Waals surface area contributed by atoms with Crippen molar-refractivity contribution < 1.29 is 14.6 Å². The highest BCUT2D eigenvalue weighted by atomic mass is 16.6. The van der Waals surface area contributed by atoms with Crippen molar-refractivity contribution >= 4 is 0 Å². The number of phenols is 1. The first-order valence-corrected chi connectivity index (χ1v) is 14.9. The molecule has 2 spiro atoms. The van der Waals surface area contributed by atoms with Crippen molar-refractivity contribution in [3.63, 3.8) is 0 Å². The zero-order chi connectivity index (χ0) is 25.0. The molecule has 6 aliphatic carbocycles. The van der Waals surface area contributed by atoms with E-state index in [0.717, 1.165) is 43.5 Å². The van der Waals surface area contributed by atoms with E-state index in [9.17, 15) is 5.11 Å². The summed E-state index contributed by atoms with van der Waals surface area (Å²) in [7, 11) is 1.93. The van der Waals surface area contributed by atoms with Crippen molar-refractivity contribution in [2.75, 3.05) is 13.7 Å². The average molecular weight is 500 g/mol. The lowest BCUT2D eigenvalue weighted by Crippen LogP contribution is -2.80. The quantitative estimate of drug-likeness (QED) is 0.491. The summed E-state index contributed by atoms with van der Waals surface area (Å²) in [6.45, 7) is 4.36. The molecule has 4 heteroatoms. The van der Waals surface area contributed by atoms with Crippen molar-refractivity contribution in [2.45, 2.75) is 82.0 Å². The summed E-state index contributed by atoms with van der Waals surface area (Å²) in [5.74, 6) is 4.54. The van der Waals surface area contributed by atoms with Gasteiger partial charge < -0.3 is 19.9 Å². The molecule has 5 saturated carbocycles. The predicted molar refractivity (Wildman–Crippen MR) is 144 cm³/mol. The molecule has 0 radical (unpaired) electrons. The summed E-state index contributed by atoms with van der Waals surface area (Å²) < 4.78 is 13.7. The van der Waals surface area contributed by atoms with E-state index in [1.54, 1.807) is 0 Å². The van der Waals surface area contributed by atoms with Gasteiger partial charge in [0.1, 0.15) is 11.7 Å². The Kier molecular flexibility index (Phi) is 4.80. The number of nitrogens with one attached hydrogen (secondary N) is 1. The van der Waals surface area contributed by atoms with Gasteiger partial charge in [-0.15, -0.1) is 0 Å². The van der Waals surface area contributed by atoms with Gasteiger partial charge in [-0.1, -0.05) is 56.2 Å². The number of rotatable bonds is 7. The van der Waals surface area contributed by atoms with E-state index in [1.807, 2.05) is 13.2 Å². The molecule has 2 aromatic rings.